The number of aryl methyl sites for hydroxylation is 1. The zero-order valence-electron chi connectivity index (χ0n) is 17.2. The molecule has 1 amide bonds. The summed E-state index contributed by atoms with van der Waals surface area (Å²) >= 11 is 2.67. The number of fused-ring (bicyclic) bond motifs is 1. The molecule has 7 nitrogen and oxygen atoms in total. The van der Waals surface area contributed by atoms with Crippen molar-refractivity contribution in [2.45, 2.75) is 17.2 Å². The molecule has 3 heterocycles. The van der Waals surface area contributed by atoms with Crippen LogP contribution in [0.5, 0.6) is 5.75 Å². The van der Waals surface area contributed by atoms with E-state index in [4.69, 9.17) is 9.15 Å². The summed E-state index contributed by atoms with van der Waals surface area (Å²) in [7, 11) is 1.61. The van der Waals surface area contributed by atoms with Crippen molar-refractivity contribution in [2.24, 2.45) is 4.99 Å². The molecule has 32 heavy (non-hydrogen) atoms. The van der Waals surface area contributed by atoms with E-state index in [1.54, 1.807) is 13.2 Å². The van der Waals surface area contributed by atoms with Gasteiger partial charge in [-0.05, 0) is 84.5 Å². The normalized spacial score (nSPS) is 16.2. The maximum atomic E-state index is 12.3. The molecule has 160 valence electrons. The highest BCUT2D eigenvalue weighted by Gasteiger charge is 2.24. The van der Waals surface area contributed by atoms with Crippen LogP contribution >= 0.6 is 23.5 Å². The number of furan rings is 1. The van der Waals surface area contributed by atoms with Crippen molar-refractivity contribution in [1.29, 1.82) is 0 Å². The Morgan fingerprint density at radius 3 is 2.81 bits per heavy atom. The largest absolute Gasteiger partial charge is 0.497 e. The molecule has 1 saturated heterocycles. The van der Waals surface area contributed by atoms with Gasteiger partial charge in [-0.15, -0.1) is 0 Å². The monoisotopic (exact) mass is 462 g/mol. The number of carbonyl (C=O) groups is 1. The number of benzene rings is 2. The first-order valence-electron chi connectivity index (χ1n) is 9.73. The van der Waals surface area contributed by atoms with Gasteiger partial charge < -0.3 is 19.5 Å². The molecule has 0 spiro atoms. The Morgan fingerprint density at radius 1 is 1.16 bits per heavy atom. The molecular weight excluding hydrogens is 444 g/mol. The smallest absolute Gasteiger partial charge is 0.264 e. The molecule has 0 saturated carbocycles. The molecule has 1 fully saturated rings. The van der Waals surface area contributed by atoms with Gasteiger partial charge >= 0.3 is 0 Å². The second kappa shape index (κ2) is 8.60. The Hall–Kier alpha value is -3.43. The fourth-order valence-corrected chi connectivity index (χ4v) is 4.69. The Morgan fingerprint density at radius 2 is 2.00 bits per heavy atom. The maximum Gasteiger partial charge on any atom is 0.264 e. The van der Waals surface area contributed by atoms with E-state index in [-0.39, 0.29) is 5.91 Å². The Kier molecular flexibility index (Phi) is 5.50. The van der Waals surface area contributed by atoms with Crippen LogP contribution in [-0.2, 0) is 4.79 Å². The first-order chi connectivity index (χ1) is 15.6. The summed E-state index contributed by atoms with van der Waals surface area (Å²) in [4.78, 5) is 25.2. The number of imidazole rings is 1. The van der Waals surface area contributed by atoms with Crippen LogP contribution in [0, 0.1) is 6.92 Å². The summed E-state index contributed by atoms with van der Waals surface area (Å²) < 4.78 is 11.0. The van der Waals surface area contributed by atoms with Crippen LogP contribution in [0.3, 0.4) is 0 Å². The quantitative estimate of drug-likeness (QED) is 0.380. The third kappa shape index (κ3) is 4.44. The van der Waals surface area contributed by atoms with Crippen molar-refractivity contribution >= 4 is 57.4 Å². The van der Waals surface area contributed by atoms with Crippen molar-refractivity contribution < 1.29 is 13.9 Å². The van der Waals surface area contributed by atoms with Gasteiger partial charge in [-0.3, -0.25) is 4.79 Å². The van der Waals surface area contributed by atoms with E-state index in [1.807, 2.05) is 55.5 Å². The number of H-pyrrole nitrogens is 1. The number of aromatic amines is 1. The number of nitrogens with one attached hydrogen (secondary N) is 2. The number of ether oxygens (including phenoxy) is 1. The van der Waals surface area contributed by atoms with Crippen molar-refractivity contribution in [3.05, 3.63) is 70.8 Å². The number of methoxy groups -OCH3 is 1. The highest BCUT2D eigenvalue weighted by atomic mass is 32.2. The lowest BCUT2D eigenvalue weighted by Crippen LogP contribution is -2.19. The molecule has 0 atom stereocenters. The average Bonchev–Trinajstić information content (AvgIpc) is 3.48. The van der Waals surface area contributed by atoms with Gasteiger partial charge in [0, 0.05) is 6.08 Å². The number of amidine groups is 1. The number of thioether (sulfide) groups is 1. The van der Waals surface area contributed by atoms with Gasteiger partial charge in [-0.2, -0.15) is 0 Å². The minimum absolute atomic E-state index is 0.208. The molecule has 2 N–H and O–H groups in total. The van der Waals surface area contributed by atoms with E-state index in [0.29, 0.717) is 20.9 Å². The Labute approximate surface area is 192 Å². The van der Waals surface area contributed by atoms with Crippen LogP contribution in [-0.4, -0.2) is 28.2 Å². The highest BCUT2D eigenvalue weighted by molar-refractivity contribution is 8.18. The van der Waals surface area contributed by atoms with E-state index < -0.39 is 0 Å². The van der Waals surface area contributed by atoms with E-state index >= 15 is 0 Å². The van der Waals surface area contributed by atoms with Gasteiger partial charge in [0.1, 0.15) is 11.5 Å². The molecule has 4 aromatic rings. The maximum absolute atomic E-state index is 12.3. The zero-order chi connectivity index (χ0) is 22.1. The lowest BCUT2D eigenvalue weighted by Gasteiger charge is -1.99. The van der Waals surface area contributed by atoms with Crippen LogP contribution < -0.4 is 10.1 Å². The first-order valence-corrected chi connectivity index (χ1v) is 11.4. The number of nitrogens with zero attached hydrogens (tertiary/aromatic N) is 2. The topological polar surface area (TPSA) is 92.5 Å². The van der Waals surface area contributed by atoms with Gasteiger partial charge in [-0.1, -0.05) is 6.07 Å². The molecule has 5 rings (SSSR count). The summed E-state index contributed by atoms with van der Waals surface area (Å²) in [6.07, 6.45) is 1.71. The highest BCUT2D eigenvalue weighted by Crippen LogP contribution is 2.32. The van der Waals surface area contributed by atoms with Gasteiger partial charge in [0.05, 0.1) is 28.7 Å². The summed E-state index contributed by atoms with van der Waals surface area (Å²) in [5.74, 6) is 1.13. The van der Waals surface area contributed by atoms with Crippen molar-refractivity contribution in [2.75, 3.05) is 7.11 Å². The number of hydrogen-bond donors (Lipinski definition) is 2. The number of carbonyl (C=O) groups excluding carboxylic acids is 1. The minimum atomic E-state index is -0.208. The van der Waals surface area contributed by atoms with E-state index in [1.165, 1.54) is 29.1 Å². The van der Waals surface area contributed by atoms with E-state index in [2.05, 4.69) is 26.3 Å². The molecule has 9 heteroatoms. The van der Waals surface area contributed by atoms with E-state index in [9.17, 15) is 4.79 Å². The van der Waals surface area contributed by atoms with Crippen LogP contribution in [0.15, 0.2) is 79.2 Å². The molecule has 1 aliphatic rings. The van der Waals surface area contributed by atoms with Gasteiger partial charge in [0.2, 0.25) is 0 Å². The lowest BCUT2D eigenvalue weighted by atomic mass is 10.2. The summed E-state index contributed by atoms with van der Waals surface area (Å²) in [5.41, 5.74) is 3.80. The van der Waals surface area contributed by atoms with Gasteiger partial charge in [0.15, 0.2) is 15.4 Å². The molecule has 0 aliphatic carbocycles. The number of amides is 1. The average molecular weight is 463 g/mol. The van der Waals surface area contributed by atoms with Crippen LogP contribution in [0.4, 0.5) is 5.69 Å². The number of aliphatic imine (C=N–C) groups is 1. The number of hydrogen-bond acceptors (Lipinski definition) is 7. The molecule has 2 aromatic carbocycles. The summed E-state index contributed by atoms with van der Waals surface area (Å²) in [5, 5.41) is 4.73. The Bertz CT molecular complexity index is 1370. The molecule has 0 bridgehead atoms. The number of rotatable bonds is 5. The third-order valence-electron chi connectivity index (χ3n) is 4.64. The van der Waals surface area contributed by atoms with Crippen LogP contribution in [0.2, 0.25) is 0 Å². The summed E-state index contributed by atoms with van der Waals surface area (Å²) in [6, 6.07) is 17.1. The first kappa shape index (κ1) is 20.5. The molecule has 2 aromatic heterocycles. The van der Waals surface area contributed by atoms with E-state index in [0.717, 1.165) is 27.6 Å². The molecule has 1 aliphatic heterocycles. The van der Waals surface area contributed by atoms with Crippen LogP contribution in [0.1, 0.15) is 11.3 Å². The molecule has 0 radical (unpaired) electrons. The van der Waals surface area contributed by atoms with Crippen molar-refractivity contribution in [3.8, 4) is 5.75 Å². The summed E-state index contributed by atoms with van der Waals surface area (Å²) in [6.45, 7) is 2.05. The van der Waals surface area contributed by atoms with Gasteiger partial charge in [-0.25, -0.2) is 9.98 Å². The second-order valence-corrected chi connectivity index (χ2v) is 9.03. The predicted molar refractivity (Wildman–Crippen MR) is 127 cm³/mol. The predicted octanol–water partition coefficient (Wildman–Crippen LogP) is 5.52. The Balaban J connectivity index is 1.29. The van der Waals surface area contributed by atoms with Crippen molar-refractivity contribution in [1.82, 2.24) is 15.3 Å². The molecular formula is C23H18N4O3S2. The van der Waals surface area contributed by atoms with Crippen molar-refractivity contribution in [3.63, 3.8) is 0 Å². The fraction of sp³-hybridized carbons (Fsp3) is 0.0870. The zero-order valence-corrected chi connectivity index (χ0v) is 18.8. The standard InChI is InChI=1S/C23H18N4O3S2/c1-13-3-9-17-18(11-13)26-23(25-17)32-20-10-8-16(30-20)12-19-21(28)27-22(31-19)24-14-4-6-15(29-2)7-5-14/h3-12H,1-2H3,(H,25,26)(H,24,27,28)/b19-12+. The van der Waals surface area contributed by atoms with Crippen LogP contribution in [0.25, 0.3) is 17.1 Å². The SMILES string of the molecule is COc1ccc(N=C2NC(=O)/C(=C\c3ccc(Sc4nc5ccc(C)cc5[nH]4)o3)S2)cc1. The third-order valence-corrected chi connectivity index (χ3v) is 6.36. The fourth-order valence-electron chi connectivity index (χ4n) is 3.09. The number of aromatic nitrogens is 2. The molecule has 0 unspecified atom stereocenters. The second-order valence-electron chi connectivity index (χ2n) is 7.00. The van der Waals surface area contributed by atoms with Gasteiger partial charge in [0.25, 0.3) is 5.91 Å². The lowest BCUT2D eigenvalue weighted by molar-refractivity contribution is -0.115. The minimum Gasteiger partial charge on any atom is -0.497 e.